The Kier molecular flexibility index (Phi) is 7.80. The van der Waals surface area contributed by atoms with Crippen LogP contribution in [0.15, 0.2) is 66.7 Å². The van der Waals surface area contributed by atoms with E-state index >= 15 is 0 Å². The smallest absolute Gasteiger partial charge is 0.251 e. The van der Waals surface area contributed by atoms with Gasteiger partial charge in [0.25, 0.3) is 5.91 Å². The van der Waals surface area contributed by atoms with E-state index in [1.54, 1.807) is 14.2 Å². The van der Waals surface area contributed by atoms with Crippen molar-refractivity contribution >= 4 is 5.91 Å². The molecule has 1 aliphatic rings. The molecule has 178 valence electrons. The predicted molar refractivity (Wildman–Crippen MR) is 131 cm³/mol. The molecule has 0 radical (unpaired) electrons. The Bertz CT molecular complexity index is 1090. The zero-order chi connectivity index (χ0) is 23.9. The van der Waals surface area contributed by atoms with E-state index < -0.39 is 0 Å². The van der Waals surface area contributed by atoms with Gasteiger partial charge in [0.1, 0.15) is 5.82 Å². The molecule has 1 N–H and O–H groups in total. The fourth-order valence-corrected chi connectivity index (χ4v) is 4.45. The van der Waals surface area contributed by atoms with Crippen molar-refractivity contribution in [3.05, 3.63) is 94.8 Å². The van der Waals surface area contributed by atoms with Gasteiger partial charge in [0.15, 0.2) is 11.5 Å². The average Bonchev–Trinajstić information content (AvgIpc) is 2.88. The Morgan fingerprint density at radius 1 is 0.912 bits per heavy atom. The first-order chi connectivity index (χ1) is 16.6. The van der Waals surface area contributed by atoms with Crippen LogP contribution in [0.4, 0.5) is 4.39 Å². The fraction of sp³-hybridized carbons (Fsp3) is 0.321. The molecule has 1 fully saturated rings. The maximum Gasteiger partial charge on any atom is 0.251 e. The zero-order valence-electron chi connectivity index (χ0n) is 19.7. The maximum atomic E-state index is 13.0. The molecule has 4 rings (SSSR count). The minimum absolute atomic E-state index is 0.203. The topological polar surface area (TPSA) is 50.8 Å². The summed E-state index contributed by atoms with van der Waals surface area (Å²) in [5.74, 6) is 1.52. The number of piperidine rings is 1. The highest BCUT2D eigenvalue weighted by Gasteiger charge is 2.21. The highest BCUT2D eigenvalue weighted by molar-refractivity contribution is 5.94. The standard InChI is InChI=1S/C28H31FN2O3/c1-33-26-12-5-21(17-27(26)34-2)19-31-15-13-23(14-16-31)22-6-3-20(4-7-22)18-30-28(32)24-8-10-25(29)11-9-24/h3-12,17,23H,13-16,18-19H2,1-2H3,(H,30,32). The lowest BCUT2D eigenvalue weighted by molar-refractivity contribution is 0.0951. The number of nitrogens with zero attached hydrogens (tertiary/aromatic N) is 1. The van der Waals surface area contributed by atoms with E-state index in [1.807, 2.05) is 6.07 Å². The van der Waals surface area contributed by atoms with E-state index in [4.69, 9.17) is 9.47 Å². The average molecular weight is 463 g/mol. The van der Waals surface area contributed by atoms with Crippen LogP contribution in [0.3, 0.4) is 0 Å². The normalized spacial score (nSPS) is 14.6. The summed E-state index contributed by atoms with van der Waals surface area (Å²) in [5.41, 5.74) is 4.07. The second-order valence-electron chi connectivity index (χ2n) is 8.67. The summed E-state index contributed by atoms with van der Waals surface area (Å²) in [6, 6.07) is 20.2. The van der Waals surface area contributed by atoms with Crippen LogP contribution in [-0.2, 0) is 13.1 Å². The molecule has 0 saturated carbocycles. The quantitative estimate of drug-likeness (QED) is 0.503. The number of ether oxygens (including phenoxy) is 2. The van der Waals surface area contributed by atoms with E-state index in [0.717, 1.165) is 49.5 Å². The summed E-state index contributed by atoms with van der Waals surface area (Å²) in [7, 11) is 3.32. The van der Waals surface area contributed by atoms with Gasteiger partial charge >= 0.3 is 0 Å². The summed E-state index contributed by atoms with van der Waals surface area (Å²) in [6.07, 6.45) is 2.24. The van der Waals surface area contributed by atoms with E-state index in [-0.39, 0.29) is 11.7 Å². The maximum absolute atomic E-state index is 13.0. The fourth-order valence-electron chi connectivity index (χ4n) is 4.45. The molecule has 0 atom stereocenters. The van der Waals surface area contributed by atoms with Gasteiger partial charge in [0.2, 0.25) is 0 Å². The van der Waals surface area contributed by atoms with Crippen LogP contribution in [-0.4, -0.2) is 38.1 Å². The number of likely N-dealkylation sites (tertiary alicyclic amines) is 1. The van der Waals surface area contributed by atoms with Crippen molar-refractivity contribution in [2.24, 2.45) is 0 Å². The highest BCUT2D eigenvalue weighted by Crippen LogP contribution is 2.31. The Morgan fingerprint density at radius 2 is 1.56 bits per heavy atom. The molecule has 0 aromatic heterocycles. The van der Waals surface area contributed by atoms with E-state index in [1.165, 1.54) is 35.4 Å². The predicted octanol–water partition coefficient (Wildman–Crippen LogP) is 5.15. The number of halogens is 1. The van der Waals surface area contributed by atoms with Crippen LogP contribution < -0.4 is 14.8 Å². The number of methoxy groups -OCH3 is 2. The monoisotopic (exact) mass is 462 g/mol. The Labute approximate surface area is 200 Å². The van der Waals surface area contributed by atoms with Crippen molar-refractivity contribution in [2.45, 2.75) is 31.8 Å². The molecule has 1 aliphatic heterocycles. The van der Waals surface area contributed by atoms with Gasteiger partial charge in [-0.2, -0.15) is 0 Å². The summed E-state index contributed by atoms with van der Waals surface area (Å²) in [5, 5.41) is 2.89. The van der Waals surface area contributed by atoms with E-state index in [2.05, 4.69) is 46.6 Å². The number of amides is 1. The van der Waals surface area contributed by atoms with Crippen LogP contribution in [0.5, 0.6) is 11.5 Å². The molecule has 6 heteroatoms. The number of benzene rings is 3. The molecule has 0 unspecified atom stereocenters. The van der Waals surface area contributed by atoms with Crippen molar-refractivity contribution in [1.82, 2.24) is 10.2 Å². The molecule has 1 heterocycles. The lowest BCUT2D eigenvalue weighted by Gasteiger charge is -2.32. The van der Waals surface area contributed by atoms with Gasteiger partial charge in [0, 0.05) is 18.7 Å². The molecule has 0 aliphatic carbocycles. The Hall–Kier alpha value is -3.38. The summed E-state index contributed by atoms with van der Waals surface area (Å²) in [6.45, 7) is 3.45. The Morgan fingerprint density at radius 3 is 2.21 bits per heavy atom. The largest absolute Gasteiger partial charge is 0.493 e. The third kappa shape index (κ3) is 5.94. The number of carbonyl (C=O) groups is 1. The van der Waals surface area contributed by atoms with Gasteiger partial charge in [0.05, 0.1) is 14.2 Å². The molecule has 3 aromatic carbocycles. The first kappa shape index (κ1) is 23.8. The van der Waals surface area contributed by atoms with Crippen LogP contribution >= 0.6 is 0 Å². The van der Waals surface area contributed by atoms with Gasteiger partial charge in [-0.3, -0.25) is 9.69 Å². The van der Waals surface area contributed by atoms with Crippen LogP contribution in [0.25, 0.3) is 0 Å². The van der Waals surface area contributed by atoms with Crippen molar-refractivity contribution in [2.75, 3.05) is 27.3 Å². The van der Waals surface area contributed by atoms with Crippen molar-refractivity contribution in [1.29, 1.82) is 0 Å². The molecular weight excluding hydrogens is 431 g/mol. The van der Waals surface area contributed by atoms with Crippen LogP contribution in [0, 0.1) is 5.82 Å². The molecule has 34 heavy (non-hydrogen) atoms. The van der Waals surface area contributed by atoms with Gasteiger partial charge < -0.3 is 14.8 Å². The Balaban J connectivity index is 1.26. The molecule has 1 saturated heterocycles. The third-order valence-corrected chi connectivity index (χ3v) is 6.45. The lowest BCUT2D eigenvalue weighted by atomic mass is 9.89. The van der Waals surface area contributed by atoms with Crippen molar-refractivity contribution in [3.8, 4) is 11.5 Å². The first-order valence-corrected chi connectivity index (χ1v) is 11.6. The molecule has 3 aromatic rings. The van der Waals surface area contributed by atoms with Crippen LogP contribution in [0.2, 0.25) is 0 Å². The SMILES string of the molecule is COc1ccc(CN2CCC(c3ccc(CNC(=O)c4ccc(F)cc4)cc3)CC2)cc1OC. The first-order valence-electron chi connectivity index (χ1n) is 11.6. The number of hydrogen-bond donors (Lipinski definition) is 1. The number of rotatable bonds is 8. The summed E-state index contributed by atoms with van der Waals surface area (Å²) in [4.78, 5) is 14.7. The number of carbonyl (C=O) groups excluding carboxylic acids is 1. The van der Waals surface area contributed by atoms with Gasteiger partial charge in [-0.1, -0.05) is 30.3 Å². The molecule has 0 spiro atoms. The van der Waals surface area contributed by atoms with Gasteiger partial charge in [-0.05, 0) is 84.9 Å². The van der Waals surface area contributed by atoms with Gasteiger partial charge in [-0.25, -0.2) is 4.39 Å². The molecular formula is C28H31FN2O3. The minimum Gasteiger partial charge on any atom is -0.493 e. The van der Waals surface area contributed by atoms with Crippen LogP contribution in [0.1, 0.15) is 45.8 Å². The summed E-state index contributed by atoms with van der Waals surface area (Å²) < 4.78 is 23.8. The van der Waals surface area contributed by atoms with E-state index in [0.29, 0.717) is 18.0 Å². The zero-order valence-corrected chi connectivity index (χ0v) is 19.7. The van der Waals surface area contributed by atoms with Crippen molar-refractivity contribution in [3.63, 3.8) is 0 Å². The minimum atomic E-state index is -0.348. The van der Waals surface area contributed by atoms with Crippen molar-refractivity contribution < 1.29 is 18.7 Å². The number of hydrogen-bond acceptors (Lipinski definition) is 4. The third-order valence-electron chi connectivity index (χ3n) is 6.45. The second kappa shape index (κ2) is 11.2. The molecule has 0 bridgehead atoms. The summed E-state index contributed by atoms with van der Waals surface area (Å²) >= 11 is 0. The second-order valence-corrected chi connectivity index (χ2v) is 8.67. The number of nitrogens with one attached hydrogen (secondary N) is 1. The highest BCUT2D eigenvalue weighted by atomic mass is 19.1. The lowest BCUT2D eigenvalue weighted by Crippen LogP contribution is -2.32. The molecule has 5 nitrogen and oxygen atoms in total. The molecule has 1 amide bonds. The van der Waals surface area contributed by atoms with E-state index in [9.17, 15) is 9.18 Å². The van der Waals surface area contributed by atoms with Gasteiger partial charge in [-0.15, -0.1) is 0 Å².